The van der Waals surface area contributed by atoms with Crippen LogP contribution in [0.15, 0.2) is 30.3 Å². The maximum absolute atomic E-state index is 3.25. The molecule has 0 amide bonds. The summed E-state index contributed by atoms with van der Waals surface area (Å²) < 4.78 is 0. The van der Waals surface area contributed by atoms with Crippen molar-refractivity contribution < 1.29 is 17.4 Å². The predicted molar refractivity (Wildman–Crippen MR) is 36.3 cm³/mol. The van der Waals surface area contributed by atoms with Crippen LogP contribution in [-0.4, -0.2) is 0 Å². The zero-order valence-electron chi connectivity index (χ0n) is 5.50. The minimum Gasteiger partial charge on any atom is -0.346 e. The maximum atomic E-state index is 3.25. The van der Waals surface area contributed by atoms with Gasteiger partial charge < -0.3 is 6.92 Å². The fourth-order valence-electron chi connectivity index (χ4n) is 0.342. The van der Waals surface area contributed by atoms with E-state index in [1.807, 2.05) is 30.3 Å². The first-order valence-corrected chi connectivity index (χ1v) is 2.62. The SMILES string of the molecule is [CH2-]C.[Cr+2].[c-]1ccccc1. The van der Waals surface area contributed by atoms with Crippen LogP contribution in [0.1, 0.15) is 6.92 Å². The molecular weight excluding hydrogens is 148 g/mol. The second kappa shape index (κ2) is 10.7. The Morgan fingerprint density at radius 2 is 1.44 bits per heavy atom. The smallest absolute Gasteiger partial charge is 0.346 e. The summed E-state index contributed by atoms with van der Waals surface area (Å²) in [5.74, 6) is 0. The van der Waals surface area contributed by atoms with E-state index >= 15 is 0 Å². The van der Waals surface area contributed by atoms with Crippen LogP contribution in [0, 0.1) is 13.0 Å². The topological polar surface area (TPSA) is 0 Å². The molecule has 48 valence electrons. The first-order chi connectivity index (χ1) is 4.00. The van der Waals surface area contributed by atoms with E-state index in [4.69, 9.17) is 0 Å². The average molecular weight is 158 g/mol. The molecule has 0 N–H and O–H groups in total. The monoisotopic (exact) mass is 158 g/mol. The molecule has 0 aromatic heterocycles. The van der Waals surface area contributed by atoms with Crippen molar-refractivity contribution in [1.29, 1.82) is 0 Å². The van der Waals surface area contributed by atoms with E-state index in [9.17, 15) is 0 Å². The summed E-state index contributed by atoms with van der Waals surface area (Å²) in [7, 11) is 0. The van der Waals surface area contributed by atoms with E-state index in [2.05, 4.69) is 13.0 Å². The van der Waals surface area contributed by atoms with E-state index in [0.29, 0.717) is 0 Å². The molecule has 0 heterocycles. The van der Waals surface area contributed by atoms with Crippen LogP contribution >= 0.6 is 0 Å². The van der Waals surface area contributed by atoms with Crippen molar-refractivity contribution in [1.82, 2.24) is 0 Å². The Kier molecular flexibility index (Phi) is 13.7. The van der Waals surface area contributed by atoms with Gasteiger partial charge in [0.15, 0.2) is 0 Å². The molecule has 0 aliphatic heterocycles. The van der Waals surface area contributed by atoms with Gasteiger partial charge in [-0.05, 0) is 0 Å². The third-order valence-electron chi connectivity index (χ3n) is 0.607. The molecule has 0 radical (unpaired) electrons. The van der Waals surface area contributed by atoms with Crippen LogP contribution in [0.3, 0.4) is 0 Å². The fourth-order valence-corrected chi connectivity index (χ4v) is 0.342. The molecule has 0 nitrogen and oxygen atoms in total. The minimum atomic E-state index is 0. The van der Waals surface area contributed by atoms with Crippen molar-refractivity contribution in [2.45, 2.75) is 6.92 Å². The first kappa shape index (κ1) is 11.5. The molecule has 0 fully saturated rings. The third-order valence-corrected chi connectivity index (χ3v) is 0.607. The van der Waals surface area contributed by atoms with E-state index in [1.54, 1.807) is 6.92 Å². The molecule has 1 aromatic carbocycles. The van der Waals surface area contributed by atoms with Crippen molar-refractivity contribution >= 4 is 0 Å². The van der Waals surface area contributed by atoms with Crippen molar-refractivity contribution in [2.75, 3.05) is 0 Å². The van der Waals surface area contributed by atoms with E-state index in [-0.39, 0.29) is 17.4 Å². The molecule has 1 heteroatoms. The Hall–Kier alpha value is -0.248. The van der Waals surface area contributed by atoms with Crippen LogP contribution in [0.4, 0.5) is 0 Å². The largest absolute Gasteiger partial charge is 2.00 e. The Morgan fingerprint density at radius 3 is 1.56 bits per heavy atom. The zero-order valence-corrected chi connectivity index (χ0v) is 6.78. The maximum Gasteiger partial charge on any atom is 2.00 e. The molecule has 0 atom stereocenters. The zero-order chi connectivity index (χ0) is 6.24. The molecule has 0 saturated heterocycles. The first-order valence-electron chi connectivity index (χ1n) is 2.62. The summed E-state index contributed by atoms with van der Waals surface area (Å²) >= 11 is 0. The van der Waals surface area contributed by atoms with Gasteiger partial charge in [-0.15, -0.1) is 0 Å². The van der Waals surface area contributed by atoms with E-state index in [0.717, 1.165) is 0 Å². The Morgan fingerprint density at radius 1 is 1.00 bits per heavy atom. The van der Waals surface area contributed by atoms with Crippen molar-refractivity contribution in [3.63, 3.8) is 0 Å². The van der Waals surface area contributed by atoms with Gasteiger partial charge in [0.1, 0.15) is 0 Å². The molecule has 0 saturated carbocycles. The van der Waals surface area contributed by atoms with Crippen LogP contribution < -0.4 is 0 Å². The molecule has 0 spiro atoms. The Bertz CT molecular complexity index is 76.5. The molecule has 1 rings (SSSR count). The predicted octanol–water partition coefficient (Wildman–Crippen LogP) is 2.32. The normalized spacial score (nSPS) is 6.00. The summed E-state index contributed by atoms with van der Waals surface area (Å²) in [6.07, 6.45) is 0. The minimum absolute atomic E-state index is 0. The van der Waals surface area contributed by atoms with Gasteiger partial charge in [0, 0.05) is 0 Å². The number of hydrogen-bond donors (Lipinski definition) is 0. The number of hydrogen-bond acceptors (Lipinski definition) is 0. The van der Waals surface area contributed by atoms with Gasteiger partial charge in [0.05, 0.1) is 0 Å². The van der Waals surface area contributed by atoms with Crippen LogP contribution in [0.5, 0.6) is 0 Å². The summed E-state index contributed by atoms with van der Waals surface area (Å²) in [5, 5.41) is 0. The van der Waals surface area contributed by atoms with Gasteiger partial charge in [0.2, 0.25) is 0 Å². The Labute approximate surface area is 68.0 Å². The Balaban J connectivity index is 0. The second-order valence-electron chi connectivity index (χ2n) is 1.08. The second-order valence-corrected chi connectivity index (χ2v) is 1.08. The van der Waals surface area contributed by atoms with Crippen LogP contribution in [0.2, 0.25) is 0 Å². The molecule has 0 bridgehead atoms. The van der Waals surface area contributed by atoms with Crippen molar-refractivity contribution in [3.05, 3.63) is 43.3 Å². The fraction of sp³-hybridized carbons (Fsp3) is 0.125. The van der Waals surface area contributed by atoms with Gasteiger partial charge in [-0.2, -0.15) is 43.3 Å². The number of benzene rings is 1. The quantitative estimate of drug-likeness (QED) is 0.508. The van der Waals surface area contributed by atoms with Gasteiger partial charge in [0.25, 0.3) is 0 Å². The van der Waals surface area contributed by atoms with E-state index < -0.39 is 0 Å². The molecule has 0 unspecified atom stereocenters. The van der Waals surface area contributed by atoms with Crippen LogP contribution in [-0.2, 0) is 17.4 Å². The molecule has 0 aliphatic carbocycles. The van der Waals surface area contributed by atoms with Gasteiger partial charge >= 0.3 is 17.4 Å². The van der Waals surface area contributed by atoms with Crippen molar-refractivity contribution in [2.24, 2.45) is 0 Å². The summed E-state index contributed by atoms with van der Waals surface area (Å²) in [5.41, 5.74) is 0. The summed E-state index contributed by atoms with van der Waals surface area (Å²) in [6.45, 7) is 5.00. The molecule has 1 aromatic rings. The van der Waals surface area contributed by atoms with Gasteiger partial charge in [-0.3, -0.25) is 0 Å². The third kappa shape index (κ3) is 7.75. The van der Waals surface area contributed by atoms with E-state index in [1.165, 1.54) is 0 Å². The summed E-state index contributed by atoms with van der Waals surface area (Å²) in [4.78, 5) is 0. The molecule has 9 heavy (non-hydrogen) atoms. The average Bonchev–Trinajstić information content (AvgIpc) is 1.96. The molecule has 0 aliphatic rings. The van der Waals surface area contributed by atoms with Gasteiger partial charge in [-0.25, -0.2) is 0 Å². The standard InChI is InChI=1S/C6H5.C2H5.Cr/c1-2-4-6-5-3-1;1-2;/h1-5H;1H2,2H3;/q2*-1;+2. The summed E-state index contributed by atoms with van der Waals surface area (Å²) in [6, 6.07) is 12.5. The van der Waals surface area contributed by atoms with Gasteiger partial charge in [-0.1, -0.05) is 0 Å². The number of rotatable bonds is 0. The van der Waals surface area contributed by atoms with Crippen molar-refractivity contribution in [3.8, 4) is 0 Å². The molecular formula is C8H10Cr. The van der Waals surface area contributed by atoms with Crippen LogP contribution in [0.25, 0.3) is 0 Å².